The van der Waals surface area contributed by atoms with Crippen LogP contribution >= 0.6 is 0 Å². The van der Waals surface area contributed by atoms with Crippen molar-refractivity contribution >= 4 is 17.4 Å². The minimum absolute atomic E-state index is 0.00417. The highest BCUT2D eigenvalue weighted by molar-refractivity contribution is 6.46. The van der Waals surface area contributed by atoms with Gasteiger partial charge < -0.3 is 19.8 Å². The highest BCUT2D eigenvalue weighted by Gasteiger charge is 2.46. The molecule has 1 fully saturated rings. The Kier molecular flexibility index (Phi) is 6.36. The number of benzene rings is 2. The fourth-order valence-electron chi connectivity index (χ4n) is 4.11. The summed E-state index contributed by atoms with van der Waals surface area (Å²) >= 11 is 0. The number of nitrogens with zero attached hydrogens (tertiary/aromatic N) is 2. The number of aliphatic hydroxyl groups is 1. The number of Topliss-reactive ketones (excluding diaryl/α,β-unsaturated/α-hetero) is 1. The van der Waals surface area contributed by atoms with Crippen LogP contribution in [0.2, 0.25) is 0 Å². The maximum Gasteiger partial charge on any atom is 0.295 e. The molecule has 0 saturated carbocycles. The van der Waals surface area contributed by atoms with Crippen molar-refractivity contribution in [3.63, 3.8) is 0 Å². The van der Waals surface area contributed by atoms with Crippen LogP contribution < -0.4 is 4.74 Å². The Labute approximate surface area is 198 Å². The molecule has 2 N–H and O–H groups in total. The summed E-state index contributed by atoms with van der Waals surface area (Å²) in [5, 5.41) is 21.3. The highest BCUT2D eigenvalue weighted by Crippen LogP contribution is 2.41. The lowest BCUT2D eigenvalue weighted by Crippen LogP contribution is -2.29. The summed E-state index contributed by atoms with van der Waals surface area (Å²) < 4.78 is 5.77. The predicted molar refractivity (Wildman–Crippen MR) is 127 cm³/mol. The van der Waals surface area contributed by atoms with Crippen molar-refractivity contribution in [2.24, 2.45) is 0 Å². The Hall–Kier alpha value is -4.13. The quantitative estimate of drug-likeness (QED) is 0.320. The first kappa shape index (κ1) is 23.0. The number of aryl methyl sites for hydroxylation is 1. The van der Waals surface area contributed by atoms with Crippen LogP contribution in [0.5, 0.6) is 11.5 Å². The molecule has 4 rings (SSSR count). The van der Waals surface area contributed by atoms with Crippen LogP contribution in [-0.2, 0) is 16.1 Å². The SMILES string of the molecule is Cc1cc(/C(O)=C2/C(=O)C(=O)N(Cc3cccnc3)C2c2cccc(O)c2)ccc1OC(C)C. The van der Waals surface area contributed by atoms with Gasteiger partial charge in [0.15, 0.2) is 0 Å². The maximum atomic E-state index is 13.2. The fourth-order valence-corrected chi connectivity index (χ4v) is 4.11. The van der Waals surface area contributed by atoms with Crippen molar-refractivity contribution in [3.05, 3.63) is 94.8 Å². The number of phenolic OH excluding ortho intramolecular Hbond substituents is 1. The number of aliphatic hydroxyl groups excluding tert-OH is 1. The summed E-state index contributed by atoms with van der Waals surface area (Å²) in [5.74, 6) is -1.12. The van der Waals surface area contributed by atoms with Gasteiger partial charge in [0.2, 0.25) is 0 Å². The number of carbonyl (C=O) groups is 2. The van der Waals surface area contributed by atoms with Crippen LogP contribution in [0.15, 0.2) is 72.6 Å². The summed E-state index contributed by atoms with van der Waals surface area (Å²) in [7, 11) is 0. The van der Waals surface area contributed by atoms with Crippen LogP contribution in [0, 0.1) is 6.92 Å². The monoisotopic (exact) mass is 458 g/mol. The Morgan fingerprint density at radius 2 is 1.91 bits per heavy atom. The van der Waals surface area contributed by atoms with Crippen molar-refractivity contribution < 1.29 is 24.5 Å². The molecule has 1 aliphatic heterocycles. The number of carbonyl (C=O) groups excluding carboxylic acids is 2. The zero-order valence-electron chi connectivity index (χ0n) is 19.2. The number of ketones is 1. The summed E-state index contributed by atoms with van der Waals surface area (Å²) in [4.78, 5) is 31.7. The second kappa shape index (κ2) is 9.39. The Morgan fingerprint density at radius 1 is 1.12 bits per heavy atom. The van der Waals surface area contributed by atoms with Crippen molar-refractivity contribution in [1.82, 2.24) is 9.88 Å². The van der Waals surface area contributed by atoms with E-state index in [2.05, 4.69) is 4.98 Å². The molecule has 0 bridgehead atoms. The van der Waals surface area contributed by atoms with E-state index in [0.29, 0.717) is 16.9 Å². The number of pyridine rings is 1. The van der Waals surface area contributed by atoms with Gasteiger partial charge in [0.05, 0.1) is 17.7 Å². The Bertz CT molecular complexity index is 1270. The number of rotatable bonds is 6. The summed E-state index contributed by atoms with van der Waals surface area (Å²) in [6.07, 6.45) is 3.23. The first-order chi connectivity index (χ1) is 16.3. The van der Waals surface area contributed by atoms with Gasteiger partial charge in [0.1, 0.15) is 17.3 Å². The molecule has 7 heteroatoms. The molecule has 2 heterocycles. The van der Waals surface area contributed by atoms with E-state index in [1.807, 2.05) is 26.8 Å². The number of likely N-dealkylation sites (tertiary alicyclic amines) is 1. The molecule has 1 unspecified atom stereocenters. The molecule has 1 aromatic heterocycles. The number of phenols is 1. The first-order valence-corrected chi connectivity index (χ1v) is 11.0. The number of amides is 1. The largest absolute Gasteiger partial charge is 0.508 e. The lowest BCUT2D eigenvalue weighted by molar-refractivity contribution is -0.140. The molecule has 0 spiro atoms. The van der Waals surface area contributed by atoms with E-state index in [1.54, 1.807) is 48.8 Å². The smallest absolute Gasteiger partial charge is 0.295 e. The van der Waals surface area contributed by atoms with Gasteiger partial charge in [-0.05, 0) is 73.9 Å². The third-order valence-corrected chi connectivity index (χ3v) is 5.61. The average molecular weight is 459 g/mol. The normalized spacial score (nSPS) is 17.4. The Balaban J connectivity index is 1.83. The van der Waals surface area contributed by atoms with Crippen LogP contribution in [0.4, 0.5) is 0 Å². The van der Waals surface area contributed by atoms with Gasteiger partial charge in [0, 0.05) is 24.5 Å². The van der Waals surface area contributed by atoms with Crippen LogP contribution in [0.1, 0.15) is 42.1 Å². The molecule has 1 saturated heterocycles. The van der Waals surface area contributed by atoms with E-state index in [4.69, 9.17) is 4.74 Å². The van der Waals surface area contributed by atoms with Gasteiger partial charge in [-0.25, -0.2) is 0 Å². The molecule has 0 aliphatic carbocycles. The molecule has 1 amide bonds. The van der Waals surface area contributed by atoms with E-state index in [0.717, 1.165) is 11.1 Å². The summed E-state index contributed by atoms with van der Waals surface area (Å²) in [6.45, 7) is 5.82. The first-order valence-electron chi connectivity index (χ1n) is 11.0. The van der Waals surface area contributed by atoms with Gasteiger partial charge in [-0.2, -0.15) is 0 Å². The number of ether oxygens (including phenoxy) is 1. The maximum absolute atomic E-state index is 13.2. The van der Waals surface area contributed by atoms with E-state index >= 15 is 0 Å². The molecule has 1 atom stereocenters. The van der Waals surface area contributed by atoms with Gasteiger partial charge in [-0.3, -0.25) is 14.6 Å². The summed E-state index contributed by atoms with van der Waals surface area (Å²) in [6, 6.07) is 14.1. The third kappa shape index (κ3) is 4.50. The number of hydrogen-bond acceptors (Lipinski definition) is 6. The van der Waals surface area contributed by atoms with Gasteiger partial charge in [-0.15, -0.1) is 0 Å². The van der Waals surface area contributed by atoms with Gasteiger partial charge in [0.25, 0.3) is 11.7 Å². The van der Waals surface area contributed by atoms with E-state index in [1.165, 1.54) is 17.0 Å². The predicted octanol–water partition coefficient (Wildman–Crippen LogP) is 4.50. The second-order valence-corrected chi connectivity index (χ2v) is 8.53. The fraction of sp³-hybridized carbons (Fsp3) is 0.222. The molecule has 1 aliphatic rings. The molecular formula is C27H26N2O5. The number of aromatic hydroxyl groups is 1. The molecule has 3 aromatic rings. The highest BCUT2D eigenvalue weighted by atomic mass is 16.5. The van der Waals surface area contributed by atoms with E-state index < -0.39 is 17.7 Å². The van der Waals surface area contributed by atoms with Gasteiger partial charge >= 0.3 is 0 Å². The van der Waals surface area contributed by atoms with Crippen LogP contribution in [0.25, 0.3) is 5.76 Å². The third-order valence-electron chi connectivity index (χ3n) is 5.61. The zero-order valence-corrected chi connectivity index (χ0v) is 19.2. The molecule has 0 radical (unpaired) electrons. The molecular weight excluding hydrogens is 432 g/mol. The van der Waals surface area contributed by atoms with Crippen molar-refractivity contribution in [3.8, 4) is 11.5 Å². The minimum Gasteiger partial charge on any atom is -0.508 e. The number of hydrogen-bond donors (Lipinski definition) is 2. The van der Waals surface area contributed by atoms with Crippen molar-refractivity contribution in [2.45, 2.75) is 39.5 Å². The van der Waals surface area contributed by atoms with E-state index in [-0.39, 0.29) is 29.7 Å². The average Bonchev–Trinajstić information content (AvgIpc) is 3.05. The topological polar surface area (TPSA) is 100.0 Å². The second-order valence-electron chi connectivity index (χ2n) is 8.53. The summed E-state index contributed by atoms with van der Waals surface area (Å²) in [5.41, 5.74) is 2.41. The lowest BCUT2D eigenvalue weighted by Gasteiger charge is -2.25. The minimum atomic E-state index is -0.876. The van der Waals surface area contributed by atoms with Crippen molar-refractivity contribution in [1.29, 1.82) is 0 Å². The van der Waals surface area contributed by atoms with Gasteiger partial charge in [-0.1, -0.05) is 18.2 Å². The molecule has 34 heavy (non-hydrogen) atoms. The lowest BCUT2D eigenvalue weighted by atomic mass is 9.94. The molecule has 2 aromatic carbocycles. The van der Waals surface area contributed by atoms with Crippen molar-refractivity contribution in [2.75, 3.05) is 0 Å². The van der Waals surface area contributed by atoms with Crippen LogP contribution in [-0.4, -0.2) is 37.9 Å². The standard InChI is InChI=1S/C27H26N2O5/c1-16(2)34-22-10-9-20(12-17(22)3)25(31)23-24(19-7-4-8-21(30)13-19)29(27(33)26(23)32)15-18-6-5-11-28-14-18/h4-14,16,24,30-31H,15H2,1-3H3/b25-23-. The van der Waals surface area contributed by atoms with Crippen LogP contribution in [0.3, 0.4) is 0 Å². The zero-order chi connectivity index (χ0) is 24.4. The number of aromatic nitrogens is 1. The molecule has 7 nitrogen and oxygen atoms in total. The van der Waals surface area contributed by atoms with E-state index in [9.17, 15) is 19.8 Å². The molecule has 174 valence electrons. The Morgan fingerprint density at radius 3 is 2.56 bits per heavy atom.